The Morgan fingerprint density at radius 1 is 1.00 bits per heavy atom. The van der Waals surface area contributed by atoms with Gasteiger partial charge in [-0.05, 0) is 80.7 Å². The number of hydrogen-bond donors (Lipinski definition) is 2. The van der Waals surface area contributed by atoms with Crippen molar-refractivity contribution in [3.63, 3.8) is 0 Å². The standard InChI is InChI=1S/C25H25N3O4/c29-22(19-4-5-20-18(10-19)6-8-31-20)27-24-11-16-9-17(12-24)14-25(13-16,15-24)28-23(30)32-21-3-1-2-7-26-21/h1-8,10,16-17H,9,11-15H2,(H,27,29)(H,28,30). The van der Waals surface area contributed by atoms with Gasteiger partial charge in [-0.25, -0.2) is 9.78 Å². The lowest BCUT2D eigenvalue weighted by Gasteiger charge is -2.62. The third-order valence-electron chi connectivity index (χ3n) is 7.36. The zero-order valence-corrected chi connectivity index (χ0v) is 17.7. The summed E-state index contributed by atoms with van der Waals surface area (Å²) >= 11 is 0. The zero-order valence-electron chi connectivity index (χ0n) is 17.7. The molecule has 2 heterocycles. The number of fused-ring (bicyclic) bond motifs is 1. The van der Waals surface area contributed by atoms with E-state index >= 15 is 0 Å². The largest absolute Gasteiger partial charge is 0.464 e. The van der Waals surface area contributed by atoms with Gasteiger partial charge in [0.05, 0.1) is 6.26 Å². The lowest BCUT2D eigenvalue weighted by molar-refractivity contribution is -0.0449. The Morgan fingerprint density at radius 3 is 2.53 bits per heavy atom. The Hall–Kier alpha value is -3.35. The van der Waals surface area contributed by atoms with Gasteiger partial charge in [0.25, 0.3) is 5.91 Å². The molecule has 4 fully saturated rings. The van der Waals surface area contributed by atoms with E-state index in [1.165, 1.54) is 0 Å². The number of ether oxygens (including phenoxy) is 1. The highest BCUT2D eigenvalue weighted by molar-refractivity contribution is 5.98. The summed E-state index contributed by atoms with van der Waals surface area (Å²) in [7, 11) is 0. The molecule has 7 heteroatoms. The molecule has 4 bridgehead atoms. The van der Waals surface area contributed by atoms with Crippen LogP contribution in [-0.2, 0) is 0 Å². The number of amides is 2. The molecule has 0 aliphatic heterocycles. The Bertz CT molecular complexity index is 1170. The van der Waals surface area contributed by atoms with Crippen molar-refractivity contribution >= 4 is 23.0 Å². The fourth-order valence-corrected chi connectivity index (χ4v) is 6.72. The van der Waals surface area contributed by atoms with Crippen LogP contribution < -0.4 is 15.4 Å². The van der Waals surface area contributed by atoms with Gasteiger partial charge in [-0.15, -0.1) is 0 Å². The van der Waals surface area contributed by atoms with Crippen LogP contribution in [0.5, 0.6) is 5.88 Å². The van der Waals surface area contributed by atoms with E-state index in [0.717, 1.165) is 49.5 Å². The van der Waals surface area contributed by atoms with E-state index < -0.39 is 6.09 Å². The van der Waals surface area contributed by atoms with Gasteiger partial charge in [0, 0.05) is 34.3 Å². The Kier molecular flexibility index (Phi) is 4.28. The van der Waals surface area contributed by atoms with Gasteiger partial charge in [0.1, 0.15) is 5.58 Å². The number of furan rings is 1. The number of rotatable bonds is 4. The summed E-state index contributed by atoms with van der Waals surface area (Å²) < 4.78 is 10.8. The normalized spacial score (nSPS) is 30.2. The van der Waals surface area contributed by atoms with Crippen LogP contribution in [-0.4, -0.2) is 28.1 Å². The van der Waals surface area contributed by atoms with Gasteiger partial charge in [-0.2, -0.15) is 0 Å². The smallest absolute Gasteiger partial charge is 0.414 e. The molecule has 2 aromatic heterocycles. The molecule has 7 rings (SSSR count). The number of carbonyl (C=O) groups is 2. The molecule has 2 amide bonds. The Labute approximate surface area is 185 Å². The van der Waals surface area contributed by atoms with Crippen LogP contribution in [0.15, 0.2) is 59.3 Å². The molecule has 2 atom stereocenters. The fourth-order valence-electron chi connectivity index (χ4n) is 6.72. The second kappa shape index (κ2) is 7.08. The predicted octanol–water partition coefficient (Wildman–Crippen LogP) is 4.44. The van der Waals surface area contributed by atoms with Crippen molar-refractivity contribution in [1.29, 1.82) is 0 Å². The monoisotopic (exact) mass is 431 g/mol. The van der Waals surface area contributed by atoms with Crippen LogP contribution in [0.1, 0.15) is 48.9 Å². The van der Waals surface area contributed by atoms with Crippen LogP contribution in [0.3, 0.4) is 0 Å². The molecular formula is C25H25N3O4. The van der Waals surface area contributed by atoms with Gasteiger partial charge >= 0.3 is 6.09 Å². The molecule has 2 unspecified atom stereocenters. The number of pyridine rings is 1. The van der Waals surface area contributed by atoms with E-state index in [-0.39, 0.29) is 22.9 Å². The van der Waals surface area contributed by atoms with E-state index in [4.69, 9.17) is 9.15 Å². The third-order valence-corrected chi connectivity index (χ3v) is 7.36. The second-order valence-corrected chi connectivity index (χ2v) is 9.83. The molecule has 0 spiro atoms. The molecule has 4 saturated carbocycles. The summed E-state index contributed by atoms with van der Waals surface area (Å²) in [4.78, 5) is 29.9. The second-order valence-electron chi connectivity index (χ2n) is 9.83. The summed E-state index contributed by atoms with van der Waals surface area (Å²) in [6.07, 6.45) is 8.42. The van der Waals surface area contributed by atoms with Gasteiger partial charge in [0.2, 0.25) is 5.88 Å². The van der Waals surface area contributed by atoms with Crippen molar-refractivity contribution in [2.24, 2.45) is 11.8 Å². The summed E-state index contributed by atoms with van der Waals surface area (Å²) in [5, 5.41) is 7.45. The van der Waals surface area contributed by atoms with Crippen molar-refractivity contribution in [2.75, 3.05) is 0 Å². The van der Waals surface area contributed by atoms with Crippen LogP contribution in [0.2, 0.25) is 0 Å². The summed E-state index contributed by atoms with van der Waals surface area (Å²) in [6.45, 7) is 0. The maximum Gasteiger partial charge on any atom is 0.414 e. The molecule has 3 aromatic rings. The minimum Gasteiger partial charge on any atom is -0.464 e. The highest BCUT2D eigenvalue weighted by Gasteiger charge is 2.59. The first-order valence-electron chi connectivity index (χ1n) is 11.2. The maximum absolute atomic E-state index is 13.2. The van der Waals surface area contributed by atoms with Gasteiger partial charge in [0.15, 0.2) is 0 Å². The van der Waals surface area contributed by atoms with Crippen molar-refractivity contribution in [2.45, 2.75) is 49.6 Å². The number of carbonyl (C=O) groups excluding carboxylic acids is 2. The average molecular weight is 431 g/mol. The summed E-state index contributed by atoms with van der Waals surface area (Å²) in [5.41, 5.74) is 0.750. The highest BCUT2D eigenvalue weighted by atomic mass is 16.6. The molecule has 1 aromatic carbocycles. The quantitative estimate of drug-likeness (QED) is 0.637. The number of hydrogen-bond acceptors (Lipinski definition) is 5. The van der Waals surface area contributed by atoms with Crippen molar-refractivity contribution < 1.29 is 18.7 Å². The summed E-state index contributed by atoms with van der Waals surface area (Å²) in [5.74, 6) is 1.19. The van der Waals surface area contributed by atoms with Gasteiger partial charge in [-0.1, -0.05) is 6.07 Å². The third kappa shape index (κ3) is 3.42. The number of benzene rings is 1. The predicted molar refractivity (Wildman–Crippen MR) is 117 cm³/mol. The van der Waals surface area contributed by atoms with Crippen molar-refractivity contribution in [3.05, 3.63) is 60.5 Å². The molecule has 4 aliphatic carbocycles. The van der Waals surface area contributed by atoms with E-state index in [1.54, 1.807) is 36.7 Å². The first-order chi connectivity index (χ1) is 15.5. The maximum atomic E-state index is 13.2. The molecule has 0 saturated heterocycles. The van der Waals surface area contributed by atoms with E-state index in [0.29, 0.717) is 17.4 Å². The first kappa shape index (κ1) is 19.3. The Balaban J connectivity index is 1.21. The first-order valence-corrected chi connectivity index (χ1v) is 11.2. The molecular weight excluding hydrogens is 406 g/mol. The Morgan fingerprint density at radius 2 is 1.78 bits per heavy atom. The number of nitrogens with one attached hydrogen (secondary N) is 2. The van der Waals surface area contributed by atoms with Crippen LogP contribution in [0.4, 0.5) is 4.79 Å². The minimum absolute atomic E-state index is 0.0683. The molecule has 0 radical (unpaired) electrons. The molecule has 4 aliphatic rings. The number of nitrogens with zero attached hydrogens (tertiary/aromatic N) is 1. The molecule has 32 heavy (non-hydrogen) atoms. The molecule has 7 nitrogen and oxygen atoms in total. The minimum atomic E-state index is -0.475. The van der Waals surface area contributed by atoms with Crippen LogP contribution in [0, 0.1) is 11.8 Å². The van der Waals surface area contributed by atoms with E-state index in [9.17, 15) is 9.59 Å². The fraction of sp³-hybridized carbons (Fsp3) is 0.400. The molecule has 2 N–H and O–H groups in total. The SMILES string of the molecule is O=C(NC12CC3CC(C1)CC(NC(=O)c1ccc4occc4c1)(C3)C2)Oc1ccccn1. The number of aromatic nitrogens is 1. The average Bonchev–Trinajstić information content (AvgIpc) is 3.20. The zero-order chi connectivity index (χ0) is 21.8. The lowest BCUT2D eigenvalue weighted by Crippen LogP contribution is -2.70. The van der Waals surface area contributed by atoms with Crippen LogP contribution in [0.25, 0.3) is 11.0 Å². The molecule has 164 valence electrons. The van der Waals surface area contributed by atoms with Gasteiger partial charge in [-0.3, -0.25) is 4.79 Å². The van der Waals surface area contributed by atoms with E-state index in [1.807, 2.05) is 18.2 Å². The van der Waals surface area contributed by atoms with E-state index in [2.05, 4.69) is 15.6 Å². The van der Waals surface area contributed by atoms with Gasteiger partial charge < -0.3 is 19.8 Å². The van der Waals surface area contributed by atoms with Crippen LogP contribution >= 0.6 is 0 Å². The van der Waals surface area contributed by atoms with Crippen molar-refractivity contribution in [3.8, 4) is 5.88 Å². The lowest BCUT2D eigenvalue weighted by atomic mass is 9.50. The highest BCUT2D eigenvalue weighted by Crippen LogP contribution is 2.57. The van der Waals surface area contributed by atoms with Crippen molar-refractivity contribution in [1.82, 2.24) is 15.6 Å². The summed E-state index contributed by atoms with van der Waals surface area (Å²) in [6, 6.07) is 12.6. The topological polar surface area (TPSA) is 93.5 Å².